The lowest BCUT2D eigenvalue weighted by atomic mass is 9.94. The standard InChI is InChI=1S/C16H25N3O/c1-4-16(5-2,12-20)17-11-14-13-9-7-8-10-15(13)19(6-3)18-14/h7-10,17,20H,4-6,11-12H2,1-3H3. The third kappa shape index (κ3) is 2.72. The Morgan fingerprint density at radius 3 is 2.50 bits per heavy atom. The highest BCUT2D eigenvalue weighted by Crippen LogP contribution is 2.20. The van der Waals surface area contributed by atoms with Gasteiger partial charge in [-0.2, -0.15) is 5.10 Å². The van der Waals surface area contributed by atoms with Crippen molar-refractivity contribution in [3.8, 4) is 0 Å². The molecule has 2 N–H and O–H groups in total. The van der Waals surface area contributed by atoms with Gasteiger partial charge in [0, 0.05) is 24.0 Å². The molecule has 0 radical (unpaired) electrons. The van der Waals surface area contributed by atoms with Gasteiger partial charge < -0.3 is 10.4 Å². The van der Waals surface area contributed by atoms with Gasteiger partial charge in [0.05, 0.1) is 17.8 Å². The van der Waals surface area contributed by atoms with Gasteiger partial charge in [-0.1, -0.05) is 32.0 Å². The quantitative estimate of drug-likeness (QED) is 0.817. The molecule has 0 bridgehead atoms. The van der Waals surface area contributed by atoms with E-state index < -0.39 is 0 Å². The molecular formula is C16H25N3O. The van der Waals surface area contributed by atoms with Crippen molar-refractivity contribution in [3.05, 3.63) is 30.0 Å². The van der Waals surface area contributed by atoms with E-state index in [1.807, 2.05) is 16.8 Å². The molecule has 2 rings (SSSR count). The number of rotatable bonds is 7. The van der Waals surface area contributed by atoms with E-state index in [0.29, 0.717) is 6.54 Å². The van der Waals surface area contributed by atoms with Crippen molar-refractivity contribution in [1.29, 1.82) is 0 Å². The summed E-state index contributed by atoms with van der Waals surface area (Å²) in [5.74, 6) is 0. The molecule has 20 heavy (non-hydrogen) atoms. The van der Waals surface area contributed by atoms with E-state index in [0.717, 1.165) is 25.1 Å². The van der Waals surface area contributed by atoms with Gasteiger partial charge in [-0.3, -0.25) is 4.68 Å². The average Bonchev–Trinajstić information content (AvgIpc) is 2.88. The predicted molar refractivity (Wildman–Crippen MR) is 82.6 cm³/mol. The molecule has 110 valence electrons. The first-order valence-corrected chi connectivity index (χ1v) is 7.50. The fraction of sp³-hybridized carbons (Fsp3) is 0.562. The van der Waals surface area contributed by atoms with Crippen LogP contribution in [-0.4, -0.2) is 27.0 Å². The lowest BCUT2D eigenvalue weighted by Crippen LogP contribution is -2.47. The molecule has 1 heterocycles. The van der Waals surface area contributed by atoms with Gasteiger partial charge in [-0.15, -0.1) is 0 Å². The molecule has 2 aromatic rings. The van der Waals surface area contributed by atoms with Crippen LogP contribution < -0.4 is 5.32 Å². The third-order valence-electron chi connectivity index (χ3n) is 4.32. The van der Waals surface area contributed by atoms with Crippen molar-refractivity contribution in [2.75, 3.05) is 6.61 Å². The average molecular weight is 275 g/mol. The number of para-hydroxylation sites is 1. The highest BCUT2D eigenvalue weighted by molar-refractivity contribution is 5.81. The SMILES string of the molecule is CCn1nc(CNC(CC)(CC)CO)c2ccccc21. The highest BCUT2D eigenvalue weighted by Gasteiger charge is 2.25. The zero-order valence-corrected chi connectivity index (χ0v) is 12.7. The Morgan fingerprint density at radius 1 is 1.20 bits per heavy atom. The van der Waals surface area contributed by atoms with Gasteiger partial charge in [0.2, 0.25) is 0 Å². The number of nitrogens with zero attached hydrogens (tertiary/aromatic N) is 2. The van der Waals surface area contributed by atoms with Crippen molar-refractivity contribution in [2.45, 2.75) is 52.2 Å². The molecule has 0 spiro atoms. The Balaban J connectivity index is 2.26. The van der Waals surface area contributed by atoms with E-state index in [-0.39, 0.29) is 12.1 Å². The minimum absolute atomic E-state index is 0.159. The number of hydrogen-bond donors (Lipinski definition) is 2. The monoisotopic (exact) mass is 275 g/mol. The molecule has 0 saturated carbocycles. The first-order chi connectivity index (χ1) is 9.69. The number of aryl methyl sites for hydroxylation is 1. The van der Waals surface area contributed by atoms with E-state index in [1.165, 1.54) is 10.9 Å². The number of aromatic nitrogens is 2. The molecule has 1 aromatic carbocycles. The van der Waals surface area contributed by atoms with Crippen LogP contribution >= 0.6 is 0 Å². The minimum atomic E-state index is -0.197. The summed E-state index contributed by atoms with van der Waals surface area (Å²) in [6, 6.07) is 8.31. The third-order valence-corrected chi connectivity index (χ3v) is 4.32. The summed E-state index contributed by atoms with van der Waals surface area (Å²) in [6.45, 7) is 8.03. The fourth-order valence-electron chi connectivity index (χ4n) is 2.62. The maximum atomic E-state index is 9.63. The number of nitrogens with one attached hydrogen (secondary N) is 1. The van der Waals surface area contributed by atoms with Gasteiger partial charge >= 0.3 is 0 Å². The molecule has 4 nitrogen and oxygen atoms in total. The molecule has 0 aliphatic heterocycles. The molecule has 0 aliphatic rings. The molecular weight excluding hydrogens is 250 g/mol. The van der Waals surface area contributed by atoms with Crippen LogP contribution in [0.25, 0.3) is 10.9 Å². The molecule has 0 unspecified atom stereocenters. The van der Waals surface area contributed by atoms with Crippen molar-refractivity contribution in [3.63, 3.8) is 0 Å². The first-order valence-electron chi connectivity index (χ1n) is 7.50. The molecule has 4 heteroatoms. The van der Waals surface area contributed by atoms with Gasteiger partial charge in [-0.05, 0) is 25.8 Å². The molecule has 0 atom stereocenters. The van der Waals surface area contributed by atoms with Crippen LogP contribution in [0.5, 0.6) is 0 Å². The number of hydrogen-bond acceptors (Lipinski definition) is 3. The second-order valence-corrected chi connectivity index (χ2v) is 5.28. The van der Waals surface area contributed by atoms with Crippen LogP contribution in [0.3, 0.4) is 0 Å². The first kappa shape index (κ1) is 15.0. The van der Waals surface area contributed by atoms with Crippen LogP contribution in [0.4, 0.5) is 0 Å². The van der Waals surface area contributed by atoms with Crippen LogP contribution in [-0.2, 0) is 13.1 Å². The summed E-state index contributed by atoms with van der Waals surface area (Å²) in [5.41, 5.74) is 2.04. The largest absolute Gasteiger partial charge is 0.394 e. The number of benzene rings is 1. The molecule has 0 aliphatic carbocycles. The molecule has 0 saturated heterocycles. The molecule has 0 amide bonds. The molecule has 0 fully saturated rings. The van der Waals surface area contributed by atoms with Crippen molar-refractivity contribution in [2.24, 2.45) is 0 Å². The van der Waals surface area contributed by atoms with Gasteiger partial charge in [0.25, 0.3) is 0 Å². The Bertz CT molecular complexity index is 550. The summed E-state index contributed by atoms with van der Waals surface area (Å²) in [7, 11) is 0. The normalized spacial score (nSPS) is 12.2. The topological polar surface area (TPSA) is 50.1 Å². The van der Waals surface area contributed by atoms with Gasteiger partial charge in [-0.25, -0.2) is 0 Å². The van der Waals surface area contributed by atoms with Crippen molar-refractivity contribution >= 4 is 10.9 Å². The summed E-state index contributed by atoms with van der Waals surface area (Å²) >= 11 is 0. The summed E-state index contributed by atoms with van der Waals surface area (Å²) < 4.78 is 2.03. The Morgan fingerprint density at radius 2 is 1.90 bits per heavy atom. The summed E-state index contributed by atoms with van der Waals surface area (Å²) in [4.78, 5) is 0. The zero-order valence-electron chi connectivity index (χ0n) is 12.7. The Kier molecular flexibility index (Phi) is 4.78. The van der Waals surface area contributed by atoms with Crippen molar-refractivity contribution in [1.82, 2.24) is 15.1 Å². The van der Waals surface area contributed by atoms with Crippen molar-refractivity contribution < 1.29 is 5.11 Å². The highest BCUT2D eigenvalue weighted by atomic mass is 16.3. The fourth-order valence-corrected chi connectivity index (χ4v) is 2.62. The van der Waals surface area contributed by atoms with Crippen LogP contribution in [0.15, 0.2) is 24.3 Å². The van der Waals surface area contributed by atoms with Gasteiger partial charge in [0.15, 0.2) is 0 Å². The van der Waals surface area contributed by atoms with Gasteiger partial charge in [0.1, 0.15) is 0 Å². The minimum Gasteiger partial charge on any atom is -0.394 e. The Labute approximate surface area is 120 Å². The maximum Gasteiger partial charge on any atom is 0.0841 e. The van der Waals surface area contributed by atoms with E-state index in [2.05, 4.69) is 43.3 Å². The second-order valence-electron chi connectivity index (χ2n) is 5.28. The second kappa shape index (κ2) is 6.37. The molecule has 1 aromatic heterocycles. The number of aliphatic hydroxyl groups excluding tert-OH is 1. The summed E-state index contributed by atoms with van der Waals surface area (Å²) in [5, 5.41) is 19.0. The van der Waals surface area contributed by atoms with Crippen LogP contribution in [0.2, 0.25) is 0 Å². The van der Waals surface area contributed by atoms with E-state index in [4.69, 9.17) is 0 Å². The van der Waals surface area contributed by atoms with E-state index >= 15 is 0 Å². The number of fused-ring (bicyclic) bond motifs is 1. The van der Waals surface area contributed by atoms with Crippen LogP contribution in [0, 0.1) is 0 Å². The van der Waals surface area contributed by atoms with Crippen LogP contribution in [0.1, 0.15) is 39.3 Å². The lowest BCUT2D eigenvalue weighted by Gasteiger charge is -2.30. The van der Waals surface area contributed by atoms with E-state index in [1.54, 1.807) is 0 Å². The number of aliphatic hydroxyl groups is 1. The predicted octanol–water partition coefficient (Wildman–Crippen LogP) is 2.70. The zero-order chi connectivity index (χ0) is 14.6. The summed E-state index contributed by atoms with van der Waals surface area (Å²) in [6.07, 6.45) is 1.82. The lowest BCUT2D eigenvalue weighted by molar-refractivity contribution is 0.149. The van der Waals surface area contributed by atoms with E-state index in [9.17, 15) is 5.11 Å². The smallest absolute Gasteiger partial charge is 0.0841 e. The Hall–Kier alpha value is -1.39. The maximum absolute atomic E-state index is 9.63.